The zero-order valence-corrected chi connectivity index (χ0v) is 11.5. The van der Waals surface area contributed by atoms with E-state index in [1.165, 1.54) is 0 Å². The summed E-state index contributed by atoms with van der Waals surface area (Å²) < 4.78 is 167. The second kappa shape index (κ2) is 5.33. The molecule has 132 valence electrons. The Morgan fingerprint density at radius 1 is 0.545 bits per heavy atom. The van der Waals surface area contributed by atoms with Crippen molar-refractivity contribution >= 4 is 22.6 Å². The summed E-state index contributed by atoms with van der Waals surface area (Å²) in [5.74, 6) is -28.3. The summed E-state index contributed by atoms with van der Waals surface area (Å²) >= 11 is 0. The van der Waals surface area contributed by atoms with Gasteiger partial charge in [-0.15, -0.1) is 0 Å². The summed E-state index contributed by atoms with van der Waals surface area (Å²) in [6.07, 6.45) is 0. The van der Waals surface area contributed by atoms with Crippen LogP contribution in [0.3, 0.4) is 0 Å². The van der Waals surface area contributed by atoms with Crippen LogP contribution in [0, 0.1) is 0 Å². The fourth-order valence-electron chi connectivity index (χ4n) is 1.12. The van der Waals surface area contributed by atoms with Gasteiger partial charge in [0, 0.05) is 0 Å². The van der Waals surface area contributed by atoms with Crippen molar-refractivity contribution in [1.29, 1.82) is 0 Å². The predicted molar refractivity (Wildman–Crippen MR) is 49.8 cm³/mol. The molecular weight excluding hydrogens is 395 g/mol. The highest BCUT2D eigenvalue weighted by atomic mass is 31.2. The Hall–Kier alpha value is -0.355. The lowest BCUT2D eigenvalue weighted by Crippen LogP contribution is -2.40. The fourth-order valence-corrected chi connectivity index (χ4v) is 5.65. The average Bonchev–Trinajstić information content (AvgIpc) is 2.19. The quantitative estimate of drug-likeness (QED) is 0.392. The Kier molecular flexibility index (Phi) is 5.25. The first-order chi connectivity index (χ1) is 9.15. The van der Waals surface area contributed by atoms with Gasteiger partial charge in [0.1, 0.15) is 0 Å². The highest BCUT2D eigenvalue weighted by Gasteiger charge is 2.81. The van der Waals surface area contributed by atoms with E-state index in [2.05, 4.69) is 0 Å². The molecule has 0 spiro atoms. The first-order valence-electron chi connectivity index (χ1n) is 4.37. The maximum absolute atomic E-state index is 12.3. The van der Waals surface area contributed by atoms with Crippen LogP contribution in [0.1, 0.15) is 0 Å². The molecule has 0 saturated carbocycles. The average molecular weight is 397 g/mol. The lowest BCUT2D eigenvalue weighted by Gasteiger charge is -2.37. The van der Waals surface area contributed by atoms with Gasteiger partial charge in [-0.05, 0) is 0 Å². The lowest BCUT2D eigenvalue weighted by molar-refractivity contribution is -0.107. The van der Waals surface area contributed by atoms with Crippen LogP contribution in [0.4, 0.5) is 52.7 Å². The summed E-state index contributed by atoms with van der Waals surface area (Å²) in [7, 11) is -17.8. The van der Waals surface area contributed by atoms with Gasteiger partial charge in [-0.2, -0.15) is 52.7 Å². The third-order valence-electron chi connectivity index (χ3n) is 2.19. The highest BCUT2D eigenvalue weighted by Crippen LogP contribution is 2.85. The minimum Gasteiger partial charge on any atom is -0.288 e. The maximum atomic E-state index is 12.3. The number of halogens is 12. The monoisotopic (exact) mass is 397 g/mol. The molecular formula is C4H2BF12NO2P2. The first-order valence-corrected chi connectivity index (χ1v) is 7.69. The van der Waals surface area contributed by atoms with Gasteiger partial charge in [-0.25, -0.2) is 4.35 Å². The van der Waals surface area contributed by atoms with Crippen molar-refractivity contribution in [2.24, 2.45) is 0 Å². The molecule has 0 amide bonds. The van der Waals surface area contributed by atoms with Gasteiger partial charge in [-0.1, -0.05) is 0 Å². The number of alkyl halides is 12. The number of hydrogen-bond acceptors (Lipinski definition) is 2. The van der Waals surface area contributed by atoms with Crippen molar-refractivity contribution in [3.8, 4) is 0 Å². The van der Waals surface area contributed by atoms with E-state index in [0.29, 0.717) is 0 Å². The van der Waals surface area contributed by atoms with Crippen LogP contribution >= 0.6 is 14.6 Å². The number of hydrogen-bond donors (Lipinski definition) is 0. The van der Waals surface area contributed by atoms with E-state index >= 15 is 0 Å². The molecule has 3 nitrogen and oxygen atoms in total. The third-order valence-corrected chi connectivity index (χ3v) is 8.08. The van der Waals surface area contributed by atoms with Crippen molar-refractivity contribution in [2.45, 2.75) is 23.7 Å². The van der Waals surface area contributed by atoms with E-state index < -0.39 is 50.6 Å². The Bertz CT molecular complexity index is 433. The lowest BCUT2D eigenvalue weighted by atomic mass is 10.5. The van der Waals surface area contributed by atoms with Crippen molar-refractivity contribution < 1.29 is 61.8 Å². The van der Waals surface area contributed by atoms with Crippen LogP contribution in [0.15, 0.2) is 0 Å². The second-order valence-electron chi connectivity index (χ2n) is 3.51. The Morgan fingerprint density at radius 2 is 0.682 bits per heavy atom. The molecule has 0 aromatic rings. The summed E-state index contributed by atoms with van der Waals surface area (Å²) in [5.41, 5.74) is 0. The standard InChI is InChI=1S/C4H2BF12NO2P2/c5-18(21(19,1(6,7)8)2(9,10)11)22(20,3(12,13)14)4(15,16)17/h5H2. The molecule has 0 unspecified atom stereocenters. The molecule has 22 heavy (non-hydrogen) atoms. The number of nitrogens with zero attached hydrogens (tertiary/aromatic N) is 1. The van der Waals surface area contributed by atoms with Crippen molar-refractivity contribution in [3.05, 3.63) is 0 Å². The zero-order chi connectivity index (χ0) is 18.6. The largest absolute Gasteiger partial charge is 0.462 e. The van der Waals surface area contributed by atoms with Crippen molar-refractivity contribution in [3.63, 3.8) is 0 Å². The molecule has 0 aliphatic rings. The van der Waals surface area contributed by atoms with E-state index in [9.17, 15) is 61.8 Å². The molecule has 0 aliphatic carbocycles. The van der Waals surface area contributed by atoms with E-state index in [0.717, 1.165) is 0 Å². The van der Waals surface area contributed by atoms with Gasteiger partial charge >= 0.3 is 38.3 Å². The Labute approximate surface area is 113 Å². The molecule has 0 radical (unpaired) electrons. The van der Waals surface area contributed by atoms with Gasteiger partial charge < -0.3 is 0 Å². The zero-order valence-electron chi connectivity index (χ0n) is 9.69. The Balaban J connectivity index is 6.70. The molecule has 0 atom stereocenters. The van der Waals surface area contributed by atoms with Gasteiger partial charge in [0.25, 0.3) is 0 Å². The van der Waals surface area contributed by atoms with E-state index in [1.54, 1.807) is 0 Å². The highest BCUT2D eigenvalue weighted by molar-refractivity contribution is 7.79. The van der Waals surface area contributed by atoms with Crippen molar-refractivity contribution in [2.75, 3.05) is 0 Å². The molecule has 0 aliphatic heterocycles. The Morgan fingerprint density at radius 3 is 0.773 bits per heavy atom. The van der Waals surface area contributed by atoms with Crippen LogP contribution in [0.5, 0.6) is 0 Å². The molecule has 0 N–H and O–H groups in total. The van der Waals surface area contributed by atoms with Crippen molar-refractivity contribution in [1.82, 2.24) is 4.35 Å². The molecule has 18 heteroatoms. The second-order valence-corrected chi connectivity index (χ2v) is 9.36. The maximum Gasteiger partial charge on any atom is 0.462 e. The molecule has 0 bridgehead atoms. The minimum atomic E-state index is -8.36. The topological polar surface area (TPSA) is 37.4 Å². The van der Waals surface area contributed by atoms with Crippen LogP contribution in [0.2, 0.25) is 0 Å². The molecule has 0 heterocycles. The van der Waals surface area contributed by atoms with Crippen LogP contribution in [-0.2, 0) is 9.13 Å². The van der Waals surface area contributed by atoms with Crippen LogP contribution in [0.25, 0.3) is 0 Å². The smallest absolute Gasteiger partial charge is 0.288 e. The van der Waals surface area contributed by atoms with Crippen LogP contribution < -0.4 is 0 Å². The normalized spacial score (nSPS) is 16.2. The third kappa shape index (κ3) is 3.01. The molecule has 0 aromatic carbocycles. The summed E-state index contributed by atoms with van der Waals surface area (Å²) in [4.78, 5) is 0. The van der Waals surface area contributed by atoms with E-state index in [-0.39, 0.29) is 0 Å². The molecule has 0 saturated heterocycles. The molecule has 0 fully saturated rings. The molecule has 0 rings (SSSR count). The minimum absolute atomic E-state index is 1.05. The summed E-state index contributed by atoms with van der Waals surface area (Å²) in [6, 6.07) is 0. The SMILES string of the molecule is BN(P(=O)(C(F)(F)F)C(F)(F)F)P(=O)(C(F)(F)F)C(F)(F)F. The van der Waals surface area contributed by atoms with Gasteiger partial charge in [-0.3, -0.25) is 9.13 Å². The predicted octanol–water partition coefficient (Wildman–Crippen LogP) is 4.47. The summed E-state index contributed by atoms with van der Waals surface area (Å²) in [5, 5.41) is 0. The van der Waals surface area contributed by atoms with Crippen LogP contribution in [-0.4, -0.2) is 36.0 Å². The van der Waals surface area contributed by atoms with E-state index in [4.69, 9.17) is 0 Å². The fraction of sp³-hybridized carbons (Fsp3) is 1.00. The number of rotatable bonds is 2. The van der Waals surface area contributed by atoms with E-state index in [1.807, 2.05) is 0 Å². The first kappa shape index (κ1) is 21.6. The van der Waals surface area contributed by atoms with Gasteiger partial charge in [0.2, 0.25) is 7.98 Å². The van der Waals surface area contributed by atoms with Gasteiger partial charge in [0.15, 0.2) is 0 Å². The van der Waals surface area contributed by atoms with Gasteiger partial charge in [0.05, 0.1) is 0 Å². The summed E-state index contributed by atoms with van der Waals surface area (Å²) in [6.45, 7) is 0. The molecule has 0 aromatic heterocycles.